The van der Waals surface area contributed by atoms with Gasteiger partial charge in [0.1, 0.15) is 17.3 Å². The van der Waals surface area contributed by atoms with Crippen LogP contribution in [-0.4, -0.2) is 24.8 Å². The van der Waals surface area contributed by atoms with Gasteiger partial charge in [-0.25, -0.2) is 14.0 Å². The molecular weight excluding hydrogens is 337 g/mol. The van der Waals surface area contributed by atoms with Crippen molar-refractivity contribution in [3.05, 3.63) is 52.6 Å². The topological polar surface area (TPSA) is 60.1 Å². The summed E-state index contributed by atoms with van der Waals surface area (Å²) in [5.41, 5.74) is 0.837. The Balaban J connectivity index is 2.84. The van der Waals surface area contributed by atoms with Crippen LogP contribution in [0.3, 0.4) is 0 Å². The Morgan fingerprint density at radius 3 is 2.62 bits per heavy atom. The number of benzene rings is 2. The summed E-state index contributed by atoms with van der Waals surface area (Å²) in [5, 5.41) is 9.79. The van der Waals surface area contributed by atoms with E-state index in [9.17, 15) is 14.3 Å². The summed E-state index contributed by atoms with van der Waals surface area (Å²) in [6, 6.07) is 5.34. The van der Waals surface area contributed by atoms with Crippen LogP contribution in [0.2, 0.25) is 0 Å². The van der Waals surface area contributed by atoms with Gasteiger partial charge in [0, 0.05) is 11.1 Å². The van der Waals surface area contributed by atoms with Gasteiger partial charge in [0.15, 0.2) is 5.69 Å². The molecule has 26 heavy (non-hydrogen) atoms. The number of methoxy groups -OCH3 is 1. The minimum absolute atomic E-state index is 0.107. The van der Waals surface area contributed by atoms with Crippen molar-refractivity contribution in [2.75, 3.05) is 13.7 Å². The molecule has 0 amide bonds. The normalized spacial score (nSPS) is 10.3. The van der Waals surface area contributed by atoms with E-state index in [1.807, 2.05) is 6.92 Å². The highest BCUT2D eigenvalue weighted by Gasteiger charge is 2.26. The van der Waals surface area contributed by atoms with Gasteiger partial charge in [-0.15, -0.1) is 0 Å². The highest BCUT2D eigenvalue weighted by molar-refractivity contribution is 6.04. The Hall–Kier alpha value is -3.07. The number of carbonyl (C=O) groups is 1. The first-order valence-electron chi connectivity index (χ1n) is 8.19. The SMILES string of the molecule is [C-]#[N+]c1c(C)cc(OCCCC)c(C(=O)O)c1-c1cc(F)ccc1OC. The fourth-order valence-corrected chi connectivity index (χ4v) is 2.71. The lowest BCUT2D eigenvalue weighted by Crippen LogP contribution is -2.08. The second-order valence-electron chi connectivity index (χ2n) is 5.75. The quantitative estimate of drug-likeness (QED) is 0.544. The van der Waals surface area contributed by atoms with Crippen molar-refractivity contribution in [3.8, 4) is 22.6 Å². The molecule has 0 atom stereocenters. The molecule has 0 fully saturated rings. The van der Waals surface area contributed by atoms with E-state index in [-0.39, 0.29) is 33.9 Å². The Morgan fingerprint density at radius 1 is 1.31 bits per heavy atom. The second-order valence-corrected chi connectivity index (χ2v) is 5.75. The summed E-state index contributed by atoms with van der Waals surface area (Å²) < 4.78 is 24.8. The number of aromatic carboxylic acids is 1. The first-order valence-corrected chi connectivity index (χ1v) is 8.19. The van der Waals surface area contributed by atoms with E-state index >= 15 is 0 Å². The summed E-state index contributed by atoms with van der Waals surface area (Å²) >= 11 is 0. The fraction of sp³-hybridized carbons (Fsp3) is 0.300. The number of halogens is 1. The van der Waals surface area contributed by atoms with E-state index in [0.717, 1.165) is 12.8 Å². The lowest BCUT2D eigenvalue weighted by atomic mass is 9.93. The molecule has 5 nitrogen and oxygen atoms in total. The molecule has 0 aromatic heterocycles. The lowest BCUT2D eigenvalue weighted by Gasteiger charge is -2.18. The summed E-state index contributed by atoms with van der Waals surface area (Å²) in [5.74, 6) is -1.35. The lowest BCUT2D eigenvalue weighted by molar-refractivity contribution is 0.0693. The highest BCUT2D eigenvalue weighted by Crippen LogP contribution is 2.45. The van der Waals surface area contributed by atoms with Gasteiger partial charge >= 0.3 is 5.97 Å². The number of carboxylic acid groups (broad SMARTS) is 1. The van der Waals surface area contributed by atoms with Crippen molar-refractivity contribution in [1.82, 2.24) is 0 Å². The van der Waals surface area contributed by atoms with Crippen LogP contribution in [0.5, 0.6) is 11.5 Å². The molecule has 2 rings (SSSR count). The molecular formula is C20H20FNO4. The Bertz CT molecular complexity index is 871. The molecule has 0 radical (unpaired) electrons. The Kier molecular flexibility index (Phi) is 6.18. The average molecular weight is 357 g/mol. The maximum atomic E-state index is 13.9. The molecule has 2 aromatic rings. The van der Waals surface area contributed by atoms with Gasteiger partial charge in [-0.2, -0.15) is 0 Å². The number of rotatable bonds is 7. The minimum atomic E-state index is -1.25. The number of unbranched alkanes of at least 4 members (excludes halogenated alkanes) is 1. The van der Waals surface area contributed by atoms with Crippen LogP contribution in [0, 0.1) is 19.3 Å². The number of hydrogen-bond acceptors (Lipinski definition) is 3. The van der Waals surface area contributed by atoms with E-state index in [2.05, 4.69) is 4.85 Å². The monoisotopic (exact) mass is 357 g/mol. The van der Waals surface area contributed by atoms with Gasteiger partial charge in [0.05, 0.1) is 25.9 Å². The van der Waals surface area contributed by atoms with Gasteiger partial charge in [0.25, 0.3) is 0 Å². The molecule has 0 bridgehead atoms. The minimum Gasteiger partial charge on any atom is -0.496 e. The number of hydrogen-bond donors (Lipinski definition) is 1. The molecule has 0 aliphatic heterocycles. The van der Waals surface area contributed by atoms with Crippen molar-refractivity contribution in [3.63, 3.8) is 0 Å². The zero-order valence-corrected chi connectivity index (χ0v) is 14.9. The second kappa shape index (κ2) is 8.34. The molecule has 0 aliphatic rings. The molecule has 0 saturated carbocycles. The maximum Gasteiger partial charge on any atom is 0.338 e. The average Bonchev–Trinajstić information content (AvgIpc) is 2.61. The zero-order chi connectivity index (χ0) is 19.3. The number of ether oxygens (including phenoxy) is 2. The maximum absolute atomic E-state index is 13.9. The summed E-state index contributed by atoms with van der Waals surface area (Å²) in [7, 11) is 1.41. The smallest absolute Gasteiger partial charge is 0.338 e. The number of carboxylic acids is 1. The number of aryl methyl sites for hydroxylation is 1. The third kappa shape index (κ3) is 3.77. The molecule has 0 saturated heterocycles. The molecule has 0 heterocycles. The van der Waals surface area contributed by atoms with Gasteiger partial charge in [-0.1, -0.05) is 13.3 Å². The van der Waals surface area contributed by atoms with Gasteiger partial charge in [-0.3, -0.25) is 0 Å². The van der Waals surface area contributed by atoms with Crippen molar-refractivity contribution < 1.29 is 23.8 Å². The van der Waals surface area contributed by atoms with Crippen LogP contribution in [0.25, 0.3) is 16.0 Å². The number of nitrogens with zero attached hydrogens (tertiary/aromatic N) is 1. The predicted molar refractivity (Wildman–Crippen MR) is 96.7 cm³/mol. The molecule has 6 heteroatoms. The van der Waals surface area contributed by atoms with Crippen molar-refractivity contribution in [2.24, 2.45) is 0 Å². The summed E-state index contributed by atoms with van der Waals surface area (Å²) in [6.45, 7) is 11.5. The van der Waals surface area contributed by atoms with E-state index in [0.29, 0.717) is 12.2 Å². The van der Waals surface area contributed by atoms with Crippen LogP contribution in [0.1, 0.15) is 35.7 Å². The third-order valence-corrected chi connectivity index (χ3v) is 3.97. The third-order valence-electron chi connectivity index (χ3n) is 3.97. The van der Waals surface area contributed by atoms with Gasteiger partial charge in [-0.05, 0) is 43.2 Å². The van der Waals surface area contributed by atoms with Crippen LogP contribution in [-0.2, 0) is 0 Å². The van der Waals surface area contributed by atoms with Gasteiger partial charge < -0.3 is 14.6 Å². The molecule has 136 valence electrons. The van der Waals surface area contributed by atoms with Crippen molar-refractivity contribution in [1.29, 1.82) is 0 Å². The summed E-state index contributed by atoms with van der Waals surface area (Å²) in [4.78, 5) is 15.5. The standard InChI is InChI=1S/C20H20FNO4/c1-5-6-9-26-16-10-12(2)19(22-3)17(18(16)20(23)24)14-11-13(21)7-8-15(14)25-4/h7-8,10-11H,5-6,9H2,1-2,4H3,(H,23,24). The van der Waals surface area contributed by atoms with Crippen molar-refractivity contribution >= 4 is 11.7 Å². The van der Waals surface area contributed by atoms with Crippen LogP contribution >= 0.6 is 0 Å². The molecule has 2 aromatic carbocycles. The Labute approximate surface area is 151 Å². The first-order chi connectivity index (χ1) is 12.4. The predicted octanol–water partition coefficient (Wildman–Crippen LogP) is 5.24. The van der Waals surface area contributed by atoms with E-state index in [4.69, 9.17) is 16.0 Å². The van der Waals surface area contributed by atoms with Gasteiger partial charge in [0.2, 0.25) is 0 Å². The largest absolute Gasteiger partial charge is 0.496 e. The summed E-state index contributed by atoms with van der Waals surface area (Å²) in [6.07, 6.45) is 1.66. The zero-order valence-electron chi connectivity index (χ0n) is 14.9. The first kappa shape index (κ1) is 19.3. The van der Waals surface area contributed by atoms with E-state index in [1.165, 1.54) is 25.3 Å². The fourth-order valence-electron chi connectivity index (χ4n) is 2.71. The van der Waals surface area contributed by atoms with Crippen LogP contribution in [0.4, 0.5) is 10.1 Å². The molecule has 0 aliphatic carbocycles. The Morgan fingerprint density at radius 2 is 2.04 bits per heavy atom. The van der Waals surface area contributed by atoms with Crippen molar-refractivity contribution in [2.45, 2.75) is 26.7 Å². The van der Waals surface area contributed by atoms with E-state index < -0.39 is 11.8 Å². The van der Waals surface area contributed by atoms with Crippen LogP contribution < -0.4 is 9.47 Å². The molecule has 0 spiro atoms. The van der Waals surface area contributed by atoms with E-state index in [1.54, 1.807) is 13.0 Å². The molecule has 1 N–H and O–H groups in total. The molecule has 0 unspecified atom stereocenters. The van der Waals surface area contributed by atoms with Crippen LogP contribution in [0.15, 0.2) is 24.3 Å². The highest BCUT2D eigenvalue weighted by atomic mass is 19.1.